The summed E-state index contributed by atoms with van der Waals surface area (Å²) in [6.45, 7) is 4.19. The molecule has 0 spiro atoms. The Balaban J connectivity index is 2.91. The smallest absolute Gasteiger partial charge is 0.341 e. The lowest BCUT2D eigenvalue weighted by molar-refractivity contribution is 0.0689. The Labute approximate surface area is 86.7 Å². The molecule has 1 aromatic rings. The van der Waals surface area contributed by atoms with Crippen LogP contribution in [0.15, 0.2) is 12.3 Å². The van der Waals surface area contributed by atoms with Gasteiger partial charge in [0, 0.05) is 0 Å². The molecule has 1 N–H and O–H groups in total. The summed E-state index contributed by atoms with van der Waals surface area (Å²) in [6.07, 6.45) is 0.933. The molecular formula is C10H12FNO3. The summed E-state index contributed by atoms with van der Waals surface area (Å²) in [4.78, 5) is 14.3. The Morgan fingerprint density at radius 3 is 2.87 bits per heavy atom. The number of carbonyl (C=O) groups is 1. The Hall–Kier alpha value is -1.65. The Bertz CT molecular complexity index is 366. The second kappa shape index (κ2) is 4.72. The van der Waals surface area contributed by atoms with Gasteiger partial charge in [0.25, 0.3) is 0 Å². The van der Waals surface area contributed by atoms with Gasteiger partial charge in [-0.05, 0) is 12.0 Å². The third-order valence-corrected chi connectivity index (χ3v) is 1.60. The van der Waals surface area contributed by atoms with Crippen molar-refractivity contribution >= 4 is 5.97 Å². The molecule has 4 nitrogen and oxygen atoms in total. The highest BCUT2D eigenvalue weighted by molar-refractivity contribution is 5.90. The average molecular weight is 213 g/mol. The molecule has 0 fully saturated rings. The molecule has 0 saturated heterocycles. The van der Waals surface area contributed by atoms with E-state index in [4.69, 9.17) is 9.84 Å². The van der Waals surface area contributed by atoms with Crippen molar-refractivity contribution in [2.45, 2.75) is 13.8 Å². The third-order valence-electron chi connectivity index (χ3n) is 1.60. The summed E-state index contributed by atoms with van der Waals surface area (Å²) in [5, 5.41) is 8.77. The Morgan fingerprint density at radius 1 is 1.67 bits per heavy atom. The minimum absolute atomic E-state index is 0.0439. The maximum atomic E-state index is 12.7. The van der Waals surface area contributed by atoms with Crippen molar-refractivity contribution in [3.05, 3.63) is 23.6 Å². The van der Waals surface area contributed by atoms with Crippen molar-refractivity contribution in [2.24, 2.45) is 5.92 Å². The van der Waals surface area contributed by atoms with Gasteiger partial charge in [0.1, 0.15) is 11.4 Å². The van der Waals surface area contributed by atoms with Crippen LogP contribution in [0.5, 0.6) is 5.88 Å². The minimum atomic E-state index is -1.25. The number of hydrogen-bond donors (Lipinski definition) is 1. The topological polar surface area (TPSA) is 59.4 Å². The van der Waals surface area contributed by atoms with Crippen LogP contribution in [0.2, 0.25) is 0 Å². The van der Waals surface area contributed by atoms with E-state index in [1.165, 1.54) is 0 Å². The fourth-order valence-corrected chi connectivity index (χ4v) is 0.941. The first-order valence-corrected chi connectivity index (χ1v) is 4.52. The maximum absolute atomic E-state index is 12.7. The van der Waals surface area contributed by atoms with Crippen LogP contribution < -0.4 is 4.74 Å². The molecule has 5 heteroatoms. The number of carboxylic acids is 1. The van der Waals surface area contributed by atoms with E-state index in [0.717, 1.165) is 12.3 Å². The van der Waals surface area contributed by atoms with Crippen molar-refractivity contribution in [2.75, 3.05) is 6.61 Å². The molecule has 1 heterocycles. The van der Waals surface area contributed by atoms with Gasteiger partial charge in [0.15, 0.2) is 0 Å². The quantitative estimate of drug-likeness (QED) is 0.830. The number of ether oxygens (including phenoxy) is 1. The van der Waals surface area contributed by atoms with Crippen LogP contribution in [-0.2, 0) is 0 Å². The number of aromatic carboxylic acids is 1. The Kier molecular flexibility index (Phi) is 3.60. The zero-order valence-electron chi connectivity index (χ0n) is 8.53. The predicted octanol–water partition coefficient (Wildman–Crippen LogP) is 1.95. The molecule has 0 aliphatic heterocycles. The molecule has 0 radical (unpaired) electrons. The van der Waals surface area contributed by atoms with Crippen LogP contribution in [0.1, 0.15) is 24.2 Å². The monoisotopic (exact) mass is 213 g/mol. The molecule has 0 unspecified atom stereocenters. The molecule has 0 amide bonds. The second-order valence-electron chi connectivity index (χ2n) is 3.52. The molecule has 0 aliphatic carbocycles. The van der Waals surface area contributed by atoms with Gasteiger partial charge in [-0.3, -0.25) is 0 Å². The average Bonchev–Trinajstić information content (AvgIpc) is 2.15. The summed E-state index contributed by atoms with van der Waals surface area (Å²) >= 11 is 0. The van der Waals surface area contributed by atoms with E-state index in [9.17, 15) is 9.18 Å². The van der Waals surface area contributed by atoms with Crippen molar-refractivity contribution in [3.63, 3.8) is 0 Å². The van der Waals surface area contributed by atoms with Gasteiger partial charge in [0.05, 0.1) is 12.8 Å². The first kappa shape index (κ1) is 11.4. The van der Waals surface area contributed by atoms with Gasteiger partial charge in [-0.25, -0.2) is 14.2 Å². The SMILES string of the molecule is CC(C)COc1ncc(F)cc1C(=O)O. The van der Waals surface area contributed by atoms with Crippen molar-refractivity contribution in [1.29, 1.82) is 0 Å². The number of rotatable bonds is 4. The lowest BCUT2D eigenvalue weighted by atomic mass is 10.2. The molecule has 1 aromatic heterocycles. The van der Waals surface area contributed by atoms with Gasteiger partial charge in [-0.2, -0.15) is 0 Å². The molecule has 0 aromatic carbocycles. The first-order chi connectivity index (χ1) is 7.00. The highest BCUT2D eigenvalue weighted by Gasteiger charge is 2.14. The molecule has 0 atom stereocenters. The van der Waals surface area contributed by atoms with Crippen molar-refractivity contribution < 1.29 is 19.0 Å². The zero-order valence-corrected chi connectivity index (χ0v) is 8.53. The lowest BCUT2D eigenvalue weighted by Gasteiger charge is -2.09. The van der Waals surface area contributed by atoms with Crippen LogP contribution in [-0.4, -0.2) is 22.7 Å². The summed E-state index contributed by atoms with van der Waals surface area (Å²) in [5.74, 6) is -1.74. The summed E-state index contributed by atoms with van der Waals surface area (Å²) in [7, 11) is 0. The van der Waals surface area contributed by atoms with Gasteiger partial charge in [-0.1, -0.05) is 13.8 Å². The van der Waals surface area contributed by atoms with E-state index in [-0.39, 0.29) is 17.4 Å². The Morgan fingerprint density at radius 2 is 2.33 bits per heavy atom. The molecular weight excluding hydrogens is 201 g/mol. The predicted molar refractivity (Wildman–Crippen MR) is 51.5 cm³/mol. The lowest BCUT2D eigenvalue weighted by Crippen LogP contribution is -2.10. The molecule has 82 valence electrons. The summed E-state index contributed by atoms with van der Waals surface area (Å²) in [6, 6.07) is 0.894. The van der Waals surface area contributed by atoms with Crippen molar-refractivity contribution in [1.82, 2.24) is 4.98 Å². The van der Waals surface area contributed by atoms with Crippen molar-refractivity contribution in [3.8, 4) is 5.88 Å². The van der Waals surface area contributed by atoms with Gasteiger partial charge >= 0.3 is 5.97 Å². The highest BCUT2D eigenvalue weighted by atomic mass is 19.1. The van der Waals surface area contributed by atoms with E-state index in [1.54, 1.807) is 0 Å². The maximum Gasteiger partial charge on any atom is 0.341 e. The number of pyridine rings is 1. The highest BCUT2D eigenvalue weighted by Crippen LogP contribution is 2.16. The molecule has 1 rings (SSSR count). The largest absolute Gasteiger partial charge is 0.477 e. The minimum Gasteiger partial charge on any atom is -0.477 e. The second-order valence-corrected chi connectivity index (χ2v) is 3.52. The zero-order chi connectivity index (χ0) is 11.4. The fourth-order valence-electron chi connectivity index (χ4n) is 0.941. The normalized spacial score (nSPS) is 10.4. The number of hydrogen-bond acceptors (Lipinski definition) is 3. The van der Waals surface area contributed by atoms with E-state index < -0.39 is 11.8 Å². The number of aromatic nitrogens is 1. The van der Waals surface area contributed by atoms with E-state index in [0.29, 0.717) is 6.61 Å². The van der Waals surface area contributed by atoms with E-state index >= 15 is 0 Å². The number of carboxylic acid groups (broad SMARTS) is 1. The van der Waals surface area contributed by atoms with Crippen LogP contribution >= 0.6 is 0 Å². The first-order valence-electron chi connectivity index (χ1n) is 4.52. The van der Waals surface area contributed by atoms with Crippen LogP contribution in [0.3, 0.4) is 0 Å². The van der Waals surface area contributed by atoms with E-state index in [2.05, 4.69) is 4.98 Å². The summed E-state index contributed by atoms with van der Waals surface area (Å²) in [5.41, 5.74) is -0.254. The van der Waals surface area contributed by atoms with Crippen LogP contribution in [0.25, 0.3) is 0 Å². The van der Waals surface area contributed by atoms with Crippen LogP contribution in [0.4, 0.5) is 4.39 Å². The van der Waals surface area contributed by atoms with Gasteiger partial charge < -0.3 is 9.84 Å². The van der Waals surface area contributed by atoms with E-state index in [1.807, 2.05) is 13.8 Å². The number of halogens is 1. The number of nitrogens with zero attached hydrogens (tertiary/aromatic N) is 1. The molecule has 15 heavy (non-hydrogen) atoms. The van der Waals surface area contributed by atoms with Crippen LogP contribution in [0, 0.1) is 11.7 Å². The fraction of sp³-hybridized carbons (Fsp3) is 0.400. The molecule has 0 aliphatic rings. The molecule has 0 saturated carbocycles. The molecule has 0 bridgehead atoms. The van der Waals surface area contributed by atoms with Gasteiger partial charge in [0.2, 0.25) is 5.88 Å². The third kappa shape index (κ3) is 3.19. The standard InChI is InChI=1S/C10H12FNO3/c1-6(2)5-15-9-8(10(13)14)3-7(11)4-12-9/h3-4,6H,5H2,1-2H3,(H,13,14). The summed E-state index contributed by atoms with van der Waals surface area (Å²) < 4.78 is 17.9. The van der Waals surface area contributed by atoms with Gasteiger partial charge in [-0.15, -0.1) is 0 Å².